The molecule has 0 aliphatic heterocycles. The highest BCUT2D eigenvalue weighted by molar-refractivity contribution is 5.94. The highest BCUT2D eigenvalue weighted by Crippen LogP contribution is 2.05. The van der Waals surface area contributed by atoms with Crippen LogP contribution < -0.4 is 21.7 Å². The lowest BCUT2D eigenvalue weighted by atomic mass is 10.1. The molecule has 3 aromatic rings. The number of carbonyl (C=O) groups is 2. The summed E-state index contributed by atoms with van der Waals surface area (Å²) in [6, 6.07) is 19.4. The first kappa shape index (κ1) is 19.9. The first-order valence-corrected chi connectivity index (χ1v) is 9.15. The summed E-state index contributed by atoms with van der Waals surface area (Å²) in [7, 11) is 0. The Morgan fingerprint density at radius 2 is 1.59 bits per heavy atom. The number of nitrogens with zero attached hydrogens (tertiary/aromatic N) is 1. The van der Waals surface area contributed by atoms with E-state index in [9.17, 15) is 14.4 Å². The van der Waals surface area contributed by atoms with E-state index in [4.69, 9.17) is 0 Å². The van der Waals surface area contributed by atoms with E-state index >= 15 is 0 Å². The molecule has 3 N–H and O–H groups in total. The van der Waals surface area contributed by atoms with Gasteiger partial charge < -0.3 is 9.88 Å². The summed E-state index contributed by atoms with van der Waals surface area (Å²) in [5, 5.41) is 2.64. The van der Waals surface area contributed by atoms with Gasteiger partial charge in [0.2, 0.25) is 0 Å². The van der Waals surface area contributed by atoms with Crippen molar-refractivity contribution in [3.8, 4) is 0 Å². The number of urea groups is 1. The van der Waals surface area contributed by atoms with Crippen molar-refractivity contribution in [2.24, 2.45) is 0 Å². The number of nitrogens with one attached hydrogen (secondary N) is 3. The van der Waals surface area contributed by atoms with Gasteiger partial charge in [-0.05, 0) is 24.1 Å². The monoisotopic (exact) mass is 390 g/mol. The van der Waals surface area contributed by atoms with Gasteiger partial charge in [-0.2, -0.15) is 0 Å². The predicted molar refractivity (Wildman–Crippen MR) is 110 cm³/mol. The second-order valence-corrected chi connectivity index (χ2v) is 6.62. The molecule has 7 nitrogen and oxygen atoms in total. The molecular formula is C22H22N4O3. The molecule has 1 heterocycles. The van der Waals surface area contributed by atoms with Crippen LogP contribution in [0.1, 0.15) is 27.0 Å². The second kappa shape index (κ2) is 9.36. The van der Waals surface area contributed by atoms with E-state index in [-0.39, 0.29) is 11.1 Å². The number of benzene rings is 2. The summed E-state index contributed by atoms with van der Waals surface area (Å²) in [4.78, 5) is 36.3. The van der Waals surface area contributed by atoms with Crippen molar-refractivity contribution in [3.63, 3.8) is 0 Å². The van der Waals surface area contributed by atoms with Crippen molar-refractivity contribution in [1.29, 1.82) is 0 Å². The summed E-state index contributed by atoms with van der Waals surface area (Å²) in [6.45, 7) is 2.68. The minimum absolute atomic E-state index is 0.212. The Balaban J connectivity index is 1.57. The first-order valence-electron chi connectivity index (χ1n) is 9.15. The van der Waals surface area contributed by atoms with Crippen molar-refractivity contribution in [3.05, 3.63) is 106 Å². The SMILES string of the molecule is Cc1ccc(Cn2cc(C(=O)NNC(=O)NCc3ccccc3)ccc2=O)cc1. The molecule has 0 spiro atoms. The predicted octanol–water partition coefficient (Wildman–Crippen LogP) is 2.35. The van der Waals surface area contributed by atoms with Gasteiger partial charge in [0.05, 0.1) is 12.1 Å². The van der Waals surface area contributed by atoms with Crippen LogP contribution in [0.3, 0.4) is 0 Å². The van der Waals surface area contributed by atoms with E-state index in [1.807, 2.05) is 61.5 Å². The van der Waals surface area contributed by atoms with Gasteiger partial charge in [0, 0.05) is 18.8 Å². The molecule has 0 atom stereocenters. The summed E-state index contributed by atoms with van der Waals surface area (Å²) < 4.78 is 1.45. The molecule has 0 saturated heterocycles. The summed E-state index contributed by atoms with van der Waals surface area (Å²) >= 11 is 0. The number of rotatable bonds is 5. The van der Waals surface area contributed by atoms with Crippen molar-refractivity contribution in [2.45, 2.75) is 20.0 Å². The molecule has 29 heavy (non-hydrogen) atoms. The molecule has 0 radical (unpaired) electrons. The number of hydrazine groups is 1. The van der Waals surface area contributed by atoms with Crippen LogP contribution >= 0.6 is 0 Å². The maximum absolute atomic E-state index is 12.3. The normalized spacial score (nSPS) is 10.2. The smallest absolute Gasteiger partial charge is 0.333 e. The van der Waals surface area contributed by atoms with Crippen molar-refractivity contribution < 1.29 is 9.59 Å². The summed E-state index contributed by atoms with van der Waals surface area (Å²) in [6.07, 6.45) is 1.47. The first-order chi connectivity index (χ1) is 14.0. The molecule has 0 saturated carbocycles. The Kier molecular flexibility index (Phi) is 6.42. The van der Waals surface area contributed by atoms with Crippen LogP contribution in [0.25, 0.3) is 0 Å². The number of aryl methyl sites for hydroxylation is 1. The fourth-order valence-corrected chi connectivity index (χ4v) is 2.69. The number of aromatic nitrogens is 1. The Bertz CT molecular complexity index is 1040. The van der Waals surface area contributed by atoms with Crippen LogP contribution in [-0.4, -0.2) is 16.5 Å². The zero-order chi connectivity index (χ0) is 20.6. The summed E-state index contributed by atoms with van der Waals surface area (Å²) in [5.74, 6) is -0.516. The second-order valence-electron chi connectivity index (χ2n) is 6.62. The maximum atomic E-state index is 12.3. The lowest BCUT2D eigenvalue weighted by Gasteiger charge is -2.11. The number of hydrogen-bond acceptors (Lipinski definition) is 3. The minimum atomic E-state index is -0.532. The molecule has 148 valence electrons. The molecule has 1 aromatic heterocycles. The van der Waals surface area contributed by atoms with Gasteiger partial charge in [-0.3, -0.25) is 15.0 Å². The molecule has 3 rings (SSSR count). The Labute approximate surface area is 168 Å². The number of pyridine rings is 1. The highest BCUT2D eigenvalue weighted by atomic mass is 16.2. The standard InChI is InChI=1S/C22H22N4O3/c1-16-7-9-18(10-8-16)14-26-15-19(11-12-20(26)27)21(28)24-25-22(29)23-13-17-5-3-2-4-6-17/h2-12,15H,13-14H2,1H3,(H,24,28)(H2,23,25,29). The van der Waals surface area contributed by atoms with Gasteiger partial charge in [0.15, 0.2) is 0 Å². The lowest BCUT2D eigenvalue weighted by Crippen LogP contribution is -2.46. The van der Waals surface area contributed by atoms with Gasteiger partial charge in [0.25, 0.3) is 11.5 Å². The largest absolute Gasteiger partial charge is 0.333 e. The van der Waals surface area contributed by atoms with Crippen LogP contribution in [0.4, 0.5) is 4.79 Å². The zero-order valence-corrected chi connectivity index (χ0v) is 16.0. The average Bonchev–Trinajstić information content (AvgIpc) is 2.74. The van der Waals surface area contributed by atoms with Crippen LogP contribution in [-0.2, 0) is 13.1 Å². The van der Waals surface area contributed by atoms with E-state index in [1.54, 1.807) is 0 Å². The zero-order valence-electron chi connectivity index (χ0n) is 16.0. The summed E-state index contributed by atoms with van der Waals surface area (Å²) in [5.41, 5.74) is 7.72. The van der Waals surface area contributed by atoms with Gasteiger partial charge in [-0.25, -0.2) is 10.2 Å². The van der Waals surface area contributed by atoms with E-state index in [2.05, 4.69) is 16.2 Å². The molecule has 2 aromatic carbocycles. The minimum Gasteiger partial charge on any atom is -0.333 e. The number of amides is 3. The molecule has 0 bridgehead atoms. The van der Waals surface area contributed by atoms with Crippen LogP contribution in [0.15, 0.2) is 77.7 Å². The molecule has 0 aliphatic carbocycles. The molecule has 3 amide bonds. The van der Waals surface area contributed by atoms with E-state index in [1.165, 1.54) is 22.9 Å². The van der Waals surface area contributed by atoms with Crippen molar-refractivity contribution in [1.82, 2.24) is 20.7 Å². The molecule has 0 fully saturated rings. The molecule has 7 heteroatoms. The fourth-order valence-electron chi connectivity index (χ4n) is 2.69. The van der Waals surface area contributed by atoms with Gasteiger partial charge in [0.1, 0.15) is 0 Å². The average molecular weight is 390 g/mol. The van der Waals surface area contributed by atoms with Crippen LogP contribution in [0.2, 0.25) is 0 Å². The van der Waals surface area contributed by atoms with E-state index in [0.29, 0.717) is 13.1 Å². The maximum Gasteiger partial charge on any atom is 0.333 e. The molecule has 0 unspecified atom stereocenters. The van der Waals surface area contributed by atoms with Crippen LogP contribution in [0, 0.1) is 6.92 Å². The molecule has 0 aliphatic rings. The molecular weight excluding hydrogens is 368 g/mol. The van der Waals surface area contributed by atoms with Crippen molar-refractivity contribution >= 4 is 11.9 Å². The van der Waals surface area contributed by atoms with Crippen LogP contribution in [0.5, 0.6) is 0 Å². The third kappa shape index (κ3) is 5.80. The van der Waals surface area contributed by atoms with Crippen molar-refractivity contribution in [2.75, 3.05) is 0 Å². The fraction of sp³-hybridized carbons (Fsp3) is 0.136. The number of hydrogen-bond donors (Lipinski definition) is 3. The van der Waals surface area contributed by atoms with Gasteiger partial charge in [-0.1, -0.05) is 60.2 Å². The van der Waals surface area contributed by atoms with E-state index in [0.717, 1.165) is 16.7 Å². The Morgan fingerprint density at radius 3 is 2.31 bits per heavy atom. The topological polar surface area (TPSA) is 92.2 Å². The Morgan fingerprint density at radius 1 is 0.862 bits per heavy atom. The van der Waals surface area contributed by atoms with E-state index < -0.39 is 11.9 Å². The third-order valence-corrected chi connectivity index (χ3v) is 4.30. The Hall–Kier alpha value is -3.87. The quantitative estimate of drug-likeness (QED) is 0.584. The lowest BCUT2D eigenvalue weighted by molar-refractivity contribution is 0.0935. The van der Waals surface area contributed by atoms with Gasteiger partial charge >= 0.3 is 6.03 Å². The highest BCUT2D eigenvalue weighted by Gasteiger charge is 2.09. The number of carbonyl (C=O) groups excluding carboxylic acids is 2. The third-order valence-electron chi connectivity index (χ3n) is 4.30. The van der Waals surface area contributed by atoms with Gasteiger partial charge in [-0.15, -0.1) is 0 Å².